The molecule has 0 radical (unpaired) electrons. The molecule has 1 amide bonds. The first-order valence-electron chi connectivity index (χ1n) is 8.78. The number of aromatic nitrogens is 2. The number of amides is 1. The van der Waals surface area contributed by atoms with E-state index in [-0.39, 0.29) is 5.91 Å². The van der Waals surface area contributed by atoms with Crippen molar-refractivity contribution in [3.63, 3.8) is 0 Å². The van der Waals surface area contributed by atoms with Gasteiger partial charge in [0.05, 0.1) is 10.6 Å². The maximum Gasteiger partial charge on any atom is 0.259 e. The molecule has 2 aliphatic rings. The highest BCUT2D eigenvalue weighted by Gasteiger charge is 2.21. The van der Waals surface area contributed by atoms with Crippen LogP contribution in [-0.4, -0.2) is 47.3 Å². The monoisotopic (exact) mass is 357 g/mol. The fourth-order valence-electron chi connectivity index (χ4n) is 3.48. The Kier molecular flexibility index (Phi) is 4.67. The zero-order valence-electron chi connectivity index (χ0n) is 14.3. The second-order valence-corrected chi connectivity index (χ2v) is 7.70. The smallest absolute Gasteiger partial charge is 0.259 e. The Morgan fingerprint density at radius 3 is 3.28 bits per heavy atom. The van der Waals surface area contributed by atoms with Crippen LogP contribution in [0.3, 0.4) is 0 Å². The molecule has 4 heterocycles. The van der Waals surface area contributed by atoms with Crippen LogP contribution in [0.1, 0.15) is 18.4 Å². The summed E-state index contributed by atoms with van der Waals surface area (Å²) in [6.45, 7) is 4.72. The Hall–Kier alpha value is -1.99. The second kappa shape index (κ2) is 7.09. The topological polar surface area (TPSA) is 73.0 Å². The van der Waals surface area contributed by atoms with Crippen molar-refractivity contribution in [1.29, 1.82) is 0 Å². The zero-order chi connectivity index (χ0) is 17.2. The van der Waals surface area contributed by atoms with Crippen LogP contribution in [0.4, 0.5) is 5.69 Å². The van der Waals surface area contributed by atoms with Gasteiger partial charge in [-0.15, -0.1) is 11.8 Å². The predicted octanol–water partition coefficient (Wildman–Crippen LogP) is 2.13. The number of nitrogens with zero attached hydrogens (tertiary/aromatic N) is 2. The third kappa shape index (κ3) is 3.39. The number of hydrogen-bond donors (Lipinski definition) is 3. The Labute approximate surface area is 151 Å². The van der Waals surface area contributed by atoms with Crippen molar-refractivity contribution < 1.29 is 4.79 Å². The Bertz CT molecular complexity index is 809. The van der Waals surface area contributed by atoms with Crippen LogP contribution in [0.2, 0.25) is 0 Å². The Balaban J connectivity index is 1.53. The molecule has 3 N–H and O–H groups in total. The summed E-state index contributed by atoms with van der Waals surface area (Å²) in [5.41, 5.74) is 3.16. The van der Waals surface area contributed by atoms with Crippen molar-refractivity contribution in [2.24, 2.45) is 0 Å². The second-order valence-electron chi connectivity index (χ2n) is 6.56. The fraction of sp³-hybridized carbons (Fsp3) is 0.444. The van der Waals surface area contributed by atoms with Gasteiger partial charge in [0.1, 0.15) is 5.65 Å². The molecule has 2 aliphatic heterocycles. The molecule has 0 unspecified atom stereocenters. The van der Waals surface area contributed by atoms with Crippen molar-refractivity contribution in [3.8, 4) is 0 Å². The van der Waals surface area contributed by atoms with Crippen molar-refractivity contribution in [3.05, 3.63) is 35.1 Å². The molecule has 1 atom stereocenters. The average Bonchev–Trinajstić information content (AvgIpc) is 3.30. The number of pyridine rings is 1. The number of thioether (sulfide) groups is 1. The van der Waals surface area contributed by atoms with Gasteiger partial charge in [0.15, 0.2) is 0 Å². The predicted molar refractivity (Wildman–Crippen MR) is 103 cm³/mol. The van der Waals surface area contributed by atoms with E-state index in [0.717, 1.165) is 46.9 Å². The third-order valence-corrected chi connectivity index (χ3v) is 5.80. The summed E-state index contributed by atoms with van der Waals surface area (Å²) in [5, 5.41) is 7.61. The molecule has 4 rings (SSSR count). The minimum Gasteiger partial charge on any atom is -0.350 e. The molecule has 2 aromatic rings. The molecule has 0 aromatic carbocycles. The standard InChI is InChI=1S/C18H23N5OS/c1-12-9-21-17-16(12)14(4-6-20-17)23-7-8-25-15(11-23)18(24)22-10-13-3-2-5-19-13/h4,6,9,11,13,19H,2-3,5,7-8,10H2,1H3,(H,20,21)(H,22,24)/t13-/m1/s1. The number of nitrogens with one attached hydrogen (secondary N) is 3. The summed E-state index contributed by atoms with van der Waals surface area (Å²) in [4.78, 5) is 23.1. The number of carbonyl (C=O) groups excluding carboxylic acids is 1. The van der Waals surface area contributed by atoms with E-state index in [4.69, 9.17) is 0 Å². The van der Waals surface area contributed by atoms with Crippen molar-refractivity contribution in [2.75, 3.05) is 30.3 Å². The van der Waals surface area contributed by atoms with Crippen LogP contribution in [-0.2, 0) is 4.79 Å². The lowest BCUT2D eigenvalue weighted by atomic mass is 10.2. The van der Waals surface area contributed by atoms with Crippen LogP contribution in [0.25, 0.3) is 11.0 Å². The van der Waals surface area contributed by atoms with E-state index in [1.165, 1.54) is 12.0 Å². The van der Waals surface area contributed by atoms with Gasteiger partial charge in [-0.2, -0.15) is 0 Å². The molecule has 25 heavy (non-hydrogen) atoms. The van der Waals surface area contributed by atoms with Crippen LogP contribution in [0.5, 0.6) is 0 Å². The summed E-state index contributed by atoms with van der Waals surface area (Å²) in [6, 6.07) is 2.43. The normalized spacial score (nSPS) is 20.8. The Morgan fingerprint density at radius 2 is 2.44 bits per heavy atom. The Morgan fingerprint density at radius 1 is 1.52 bits per heavy atom. The van der Waals surface area contributed by atoms with Gasteiger partial charge in [0.25, 0.3) is 5.91 Å². The SMILES string of the molecule is Cc1c[nH]c2nccc(N3C=C(C(=O)NC[C@H]4CCCN4)SCC3)c12. The van der Waals surface area contributed by atoms with Crippen molar-refractivity contribution >= 4 is 34.4 Å². The maximum absolute atomic E-state index is 12.5. The van der Waals surface area contributed by atoms with Gasteiger partial charge in [-0.05, 0) is 37.9 Å². The quantitative estimate of drug-likeness (QED) is 0.782. The number of hydrogen-bond acceptors (Lipinski definition) is 5. The summed E-state index contributed by atoms with van der Waals surface area (Å²) in [5.74, 6) is 0.924. The first-order valence-corrected chi connectivity index (χ1v) is 9.76. The van der Waals surface area contributed by atoms with Gasteiger partial charge in [0, 0.05) is 48.9 Å². The number of aryl methyl sites for hydroxylation is 1. The molecule has 6 nitrogen and oxygen atoms in total. The van der Waals surface area contributed by atoms with Crippen molar-refractivity contribution in [1.82, 2.24) is 20.6 Å². The summed E-state index contributed by atoms with van der Waals surface area (Å²) in [6.07, 6.45) is 8.10. The van der Waals surface area contributed by atoms with Gasteiger partial charge in [-0.3, -0.25) is 4.79 Å². The molecule has 0 aliphatic carbocycles. The van der Waals surface area contributed by atoms with Gasteiger partial charge < -0.3 is 20.5 Å². The summed E-state index contributed by atoms with van der Waals surface area (Å²) in [7, 11) is 0. The number of carbonyl (C=O) groups is 1. The highest BCUT2D eigenvalue weighted by atomic mass is 32.2. The van der Waals surface area contributed by atoms with Gasteiger partial charge in [0.2, 0.25) is 0 Å². The summed E-state index contributed by atoms with van der Waals surface area (Å²) >= 11 is 1.63. The van der Waals surface area contributed by atoms with Crippen LogP contribution in [0, 0.1) is 6.92 Å². The van der Waals surface area contributed by atoms with Crippen LogP contribution < -0.4 is 15.5 Å². The molecule has 0 bridgehead atoms. The lowest BCUT2D eigenvalue weighted by molar-refractivity contribution is -0.116. The first-order chi connectivity index (χ1) is 12.2. The molecule has 0 spiro atoms. The third-order valence-electron chi connectivity index (χ3n) is 4.82. The van der Waals surface area contributed by atoms with E-state index in [0.29, 0.717) is 12.6 Å². The van der Waals surface area contributed by atoms with E-state index in [9.17, 15) is 4.79 Å². The van der Waals surface area contributed by atoms with Gasteiger partial charge >= 0.3 is 0 Å². The molecule has 7 heteroatoms. The number of aromatic amines is 1. The first kappa shape index (κ1) is 16.5. The lowest BCUT2D eigenvalue weighted by Gasteiger charge is -2.27. The van der Waals surface area contributed by atoms with E-state index in [2.05, 4.69) is 32.4 Å². The van der Waals surface area contributed by atoms with Gasteiger partial charge in [-0.25, -0.2) is 4.98 Å². The molecule has 2 aromatic heterocycles. The maximum atomic E-state index is 12.5. The van der Waals surface area contributed by atoms with Crippen LogP contribution >= 0.6 is 11.8 Å². The number of anilines is 1. The minimum atomic E-state index is 0.0273. The minimum absolute atomic E-state index is 0.0273. The molecule has 132 valence electrons. The average molecular weight is 357 g/mol. The van der Waals surface area contributed by atoms with Crippen LogP contribution in [0.15, 0.2) is 29.6 Å². The number of fused-ring (bicyclic) bond motifs is 1. The van der Waals surface area contributed by atoms with E-state index >= 15 is 0 Å². The van der Waals surface area contributed by atoms with Crippen molar-refractivity contribution in [2.45, 2.75) is 25.8 Å². The summed E-state index contributed by atoms with van der Waals surface area (Å²) < 4.78 is 0. The highest BCUT2D eigenvalue weighted by Crippen LogP contribution is 2.32. The zero-order valence-corrected chi connectivity index (χ0v) is 15.2. The number of rotatable bonds is 4. The van der Waals surface area contributed by atoms with E-state index < -0.39 is 0 Å². The molecule has 1 saturated heterocycles. The van der Waals surface area contributed by atoms with E-state index in [1.807, 2.05) is 24.7 Å². The molecular weight excluding hydrogens is 334 g/mol. The molecule has 1 fully saturated rings. The molecule has 0 saturated carbocycles. The lowest BCUT2D eigenvalue weighted by Crippen LogP contribution is -2.38. The number of H-pyrrole nitrogens is 1. The van der Waals surface area contributed by atoms with E-state index in [1.54, 1.807) is 11.8 Å². The highest BCUT2D eigenvalue weighted by molar-refractivity contribution is 8.04. The fourth-order valence-corrected chi connectivity index (χ4v) is 4.40. The largest absolute Gasteiger partial charge is 0.350 e. The molecular formula is C18H23N5OS. The van der Waals surface area contributed by atoms with Gasteiger partial charge in [-0.1, -0.05) is 0 Å².